The number of ether oxygens (including phenoxy) is 1. The number of aryl methyl sites for hydroxylation is 1. The molecule has 1 aliphatic heterocycles. The number of halogens is 1. The van der Waals surface area contributed by atoms with Gasteiger partial charge in [0.05, 0.1) is 19.2 Å². The summed E-state index contributed by atoms with van der Waals surface area (Å²) in [6.45, 7) is 1.85. The molecule has 0 saturated carbocycles. The van der Waals surface area contributed by atoms with Crippen LogP contribution in [0.2, 0.25) is 0 Å². The van der Waals surface area contributed by atoms with Crippen molar-refractivity contribution in [3.63, 3.8) is 0 Å². The van der Waals surface area contributed by atoms with Crippen LogP contribution in [-0.2, 0) is 9.59 Å². The molecule has 2 aromatic carbocycles. The van der Waals surface area contributed by atoms with Gasteiger partial charge in [0, 0.05) is 11.3 Å². The van der Waals surface area contributed by atoms with Gasteiger partial charge in [0.15, 0.2) is 0 Å². The Morgan fingerprint density at radius 3 is 2.76 bits per heavy atom. The van der Waals surface area contributed by atoms with Crippen molar-refractivity contribution in [2.24, 2.45) is 0 Å². The van der Waals surface area contributed by atoms with Gasteiger partial charge in [0.1, 0.15) is 23.4 Å². The molecule has 1 aliphatic rings. The highest BCUT2D eigenvalue weighted by molar-refractivity contribution is 6.04. The average Bonchev–Trinajstić information content (AvgIpc) is 3.17. The first kappa shape index (κ1) is 18.7. The second-order valence-electron chi connectivity index (χ2n) is 6.75. The number of rotatable bonds is 5. The van der Waals surface area contributed by atoms with Gasteiger partial charge >= 0.3 is 0 Å². The van der Waals surface area contributed by atoms with Crippen LogP contribution in [-0.4, -0.2) is 28.7 Å². The van der Waals surface area contributed by atoms with Crippen LogP contribution >= 0.6 is 0 Å². The van der Waals surface area contributed by atoms with E-state index in [0.717, 1.165) is 16.8 Å². The second-order valence-corrected chi connectivity index (χ2v) is 6.75. The zero-order chi connectivity index (χ0) is 20.5. The summed E-state index contributed by atoms with van der Waals surface area (Å²) >= 11 is 0. The minimum Gasteiger partial charge on any atom is -0.497 e. The zero-order valence-corrected chi connectivity index (χ0v) is 15.9. The number of amides is 2. The third-order valence-corrected chi connectivity index (χ3v) is 4.79. The summed E-state index contributed by atoms with van der Waals surface area (Å²) in [5, 5.41) is 10.0. The number of fused-ring (bicyclic) bond motifs is 1. The van der Waals surface area contributed by atoms with Gasteiger partial charge in [-0.3, -0.25) is 9.59 Å². The summed E-state index contributed by atoms with van der Waals surface area (Å²) in [5.41, 5.74) is 2.85. The predicted molar refractivity (Wildman–Crippen MR) is 106 cm³/mol. The van der Waals surface area contributed by atoms with Gasteiger partial charge in [0.25, 0.3) is 5.91 Å². The quantitative estimate of drug-likeness (QED) is 0.693. The molecule has 29 heavy (non-hydrogen) atoms. The third kappa shape index (κ3) is 3.56. The Labute approximate surface area is 166 Å². The van der Waals surface area contributed by atoms with E-state index in [1.54, 1.807) is 11.8 Å². The smallest absolute Gasteiger partial charge is 0.251 e. The average molecular weight is 394 g/mol. The topological polar surface area (TPSA) is 85.2 Å². The van der Waals surface area contributed by atoms with Crippen molar-refractivity contribution < 1.29 is 18.7 Å². The lowest BCUT2D eigenvalue weighted by Crippen LogP contribution is -2.23. The van der Waals surface area contributed by atoms with Crippen molar-refractivity contribution in [2.45, 2.75) is 19.4 Å². The number of benzene rings is 2. The molecule has 0 aliphatic carbocycles. The van der Waals surface area contributed by atoms with Crippen molar-refractivity contribution in [1.82, 2.24) is 9.78 Å². The summed E-state index contributed by atoms with van der Waals surface area (Å²) in [6, 6.07) is 12.2. The maximum absolute atomic E-state index is 13.0. The van der Waals surface area contributed by atoms with E-state index in [0.29, 0.717) is 17.3 Å². The number of nitrogens with zero attached hydrogens (tertiary/aromatic N) is 2. The lowest BCUT2D eigenvalue weighted by molar-refractivity contribution is -0.123. The molecule has 4 rings (SSSR count). The Hall–Kier alpha value is -3.68. The van der Waals surface area contributed by atoms with Crippen LogP contribution < -0.4 is 15.4 Å². The van der Waals surface area contributed by atoms with E-state index in [1.165, 1.54) is 24.3 Å². The number of aromatic nitrogens is 2. The van der Waals surface area contributed by atoms with Crippen LogP contribution in [0.4, 0.5) is 15.9 Å². The van der Waals surface area contributed by atoms with Gasteiger partial charge in [-0.2, -0.15) is 5.10 Å². The summed E-state index contributed by atoms with van der Waals surface area (Å²) in [5.74, 6) is 0.202. The van der Waals surface area contributed by atoms with E-state index >= 15 is 0 Å². The van der Waals surface area contributed by atoms with E-state index in [2.05, 4.69) is 15.7 Å². The second kappa shape index (κ2) is 7.38. The van der Waals surface area contributed by atoms with E-state index in [-0.39, 0.29) is 24.1 Å². The molecule has 1 unspecified atom stereocenters. The van der Waals surface area contributed by atoms with Crippen molar-refractivity contribution in [3.05, 3.63) is 60.0 Å². The molecule has 8 heteroatoms. The fourth-order valence-corrected chi connectivity index (χ4v) is 3.43. The molecule has 0 saturated heterocycles. The molecule has 2 N–H and O–H groups in total. The molecule has 0 fully saturated rings. The van der Waals surface area contributed by atoms with E-state index in [9.17, 15) is 14.0 Å². The summed E-state index contributed by atoms with van der Waals surface area (Å²) < 4.78 is 19.8. The van der Waals surface area contributed by atoms with E-state index in [1.807, 2.05) is 31.2 Å². The molecule has 148 valence electrons. The normalized spacial score (nSPS) is 15.0. The highest BCUT2D eigenvalue weighted by atomic mass is 19.1. The molecule has 2 heterocycles. The molecular weight excluding hydrogens is 375 g/mol. The molecule has 1 atom stereocenters. The number of methoxy groups -OCH3 is 1. The Morgan fingerprint density at radius 2 is 2.03 bits per heavy atom. The van der Waals surface area contributed by atoms with E-state index in [4.69, 9.17) is 4.74 Å². The van der Waals surface area contributed by atoms with Crippen LogP contribution in [0, 0.1) is 12.7 Å². The minimum absolute atomic E-state index is 0.0884. The van der Waals surface area contributed by atoms with Crippen LogP contribution in [0.25, 0.3) is 11.1 Å². The number of carbonyl (C=O) groups excluding carboxylic acids is 2. The van der Waals surface area contributed by atoms with Crippen molar-refractivity contribution in [2.75, 3.05) is 17.7 Å². The molecule has 2 amide bonds. The highest BCUT2D eigenvalue weighted by Gasteiger charge is 2.36. The highest BCUT2D eigenvalue weighted by Crippen LogP contribution is 2.39. The zero-order valence-electron chi connectivity index (χ0n) is 15.9. The number of carbonyl (C=O) groups is 2. The number of hydrogen-bond donors (Lipinski definition) is 2. The minimum atomic E-state index is -0.761. The maximum atomic E-state index is 13.0. The first-order valence-electron chi connectivity index (χ1n) is 9.06. The Bertz CT molecular complexity index is 1090. The van der Waals surface area contributed by atoms with Gasteiger partial charge in [-0.25, -0.2) is 9.07 Å². The molecule has 3 aromatic rings. The Kier molecular flexibility index (Phi) is 4.75. The van der Waals surface area contributed by atoms with Crippen molar-refractivity contribution in [1.29, 1.82) is 0 Å². The van der Waals surface area contributed by atoms with Gasteiger partial charge in [-0.05, 0) is 48.9 Å². The van der Waals surface area contributed by atoms with Gasteiger partial charge in [-0.15, -0.1) is 0 Å². The third-order valence-electron chi connectivity index (χ3n) is 4.79. The monoisotopic (exact) mass is 394 g/mol. The molecule has 1 aromatic heterocycles. The van der Waals surface area contributed by atoms with Crippen molar-refractivity contribution in [3.8, 4) is 16.9 Å². The Morgan fingerprint density at radius 1 is 1.28 bits per heavy atom. The van der Waals surface area contributed by atoms with E-state index < -0.39 is 6.04 Å². The largest absolute Gasteiger partial charge is 0.497 e. The first-order valence-corrected chi connectivity index (χ1v) is 9.06. The van der Waals surface area contributed by atoms with Crippen LogP contribution in [0.3, 0.4) is 0 Å². The first-order chi connectivity index (χ1) is 14.0. The van der Waals surface area contributed by atoms with Crippen LogP contribution in [0.1, 0.15) is 18.2 Å². The fourth-order valence-electron chi connectivity index (χ4n) is 3.43. The molecule has 0 bridgehead atoms. The molecular formula is C21H19FN4O3. The SMILES string of the molecule is COc1cccc(-c2c(C)nn3c2NC(=O)C3CC(=O)Nc2ccc(F)cc2)c1. The fraction of sp³-hybridized carbons (Fsp3) is 0.190. The summed E-state index contributed by atoms with van der Waals surface area (Å²) in [4.78, 5) is 24.9. The maximum Gasteiger partial charge on any atom is 0.251 e. The van der Waals surface area contributed by atoms with Crippen LogP contribution in [0.5, 0.6) is 5.75 Å². The van der Waals surface area contributed by atoms with Gasteiger partial charge in [0.2, 0.25) is 5.91 Å². The molecule has 7 nitrogen and oxygen atoms in total. The summed E-state index contributed by atoms with van der Waals surface area (Å²) in [6.07, 6.45) is -0.0884. The summed E-state index contributed by atoms with van der Waals surface area (Å²) in [7, 11) is 1.59. The van der Waals surface area contributed by atoms with Crippen LogP contribution in [0.15, 0.2) is 48.5 Å². The Balaban J connectivity index is 1.58. The van der Waals surface area contributed by atoms with Crippen molar-refractivity contribution >= 4 is 23.3 Å². The lowest BCUT2D eigenvalue weighted by atomic mass is 10.1. The molecule has 0 spiro atoms. The predicted octanol–water partition coefficient (Wildman–Crippen LogP) is 3.53. The molecule has 0 radical (unpaired) electrons. The number of hydrogen-bond acceptors (Lipinski definition) is 4. The number of anilines is 2. The van der Waals surface area contributed by atoms with Gasteiger partial charge in [-0.1, -0.05) is 12.1 Å². The lowest BCUT2D eigenvalue weighted by Gasteiger charge is -2.10. The number of nitrogens with one attached hydrogen (secondary N) is 2. The standard InChI is InChI=1S/C21H19FN4O3/c1-12-19(13-4-3-5-16(10-13)29-2)20-24-21(28)17(26(20)25-12)11-18(27)23-15-8-6-14(22)7-9-15/h3-10,17H,11H2,1-2H3,(H,23,27)(H,24,28). The van der Waals surface area contributed by atoms with Gasteiger partial charge < -0.3 is 15.4 Å².